The second-order valence-electron chi connectivity index (χ2n) is 5.98. The molecule has 0 spiro atoms. The predicted molar refractivity (Wildman–Crippen MR) is 82.2 cm³/mol. The van der Waals surface area contributed by atoms with Gasteiger partial charge in [-0.2, -0.15) is 0 Å². The molecule has 1 aromatic rings. The largest absolute Gasteiger partial charge is 0.481 e. The van der Waals surface area contributed by atoms with Crippen molar-refractivity contribution in [2.45, 2.75) is 26.8 Å². The van der Waals surface area contributed by atoms with Crippen molar-refractivity contribution in [2.24, 2.45) is 11.8 Å². The summed E-state index contributed by atoms with van der Waals surface area (Å²) in [5, 5.41) is 2.87. The molecule has 0 saturated carbocycles. The van der Waals surface area contributed by atoms with Gasteiger partial charge in [0.2, 0.25) is 17.7 Å². The van der Waals surface area contributed by atoms with Crippen LogP contribution in [0.25, 0.3) is 0 Å². The van der Waals surface area contributed by atoms with E-state index in [9.17, 15) is 9.59 Å². The van der Waals surface area contributed by atoms with Crippen LogP contribution in [-0.4, -0.2) is 41.9 Å². The molecule has 0 radical (unpaired) electrons. The Morgan fingerprint density at radius 3 is 3.00 bits per heavy atom. The lowest BCUT2D eigenvalue weighted by Gasteiger charge is -2.18. The maximum atomic E-state index is 12.2. The number of pyridine rings is 1. The van der Waals surface area contributed by atoms with Crippen molar-refractivity contribution >= 4 is 11.8 Å². The zero-order valence-corrected chi connectivity index (χ0v) is 13.3. The molecule has 1 aromatic heterocycles. The first-order valence-electron chi connectivity index (χ1n) is 7.54. The summed E-state index contributed by atoms with van der Waals surface area (Å²) in [6, 6.07) is 3.66. The number of nitrogens with one attached hydrogen (secondary N) is 1. The van der Waals surface area contributed by atoms with E-state index >= 15 is 0 Å². The number of amides is 2. The summed E-state index contributed by atoms with van der Waals surface area (Å²) in [4.78, 5) is 30.0. The molecule has 1 N–H and O–H groups in total. The summed E-state index contributed by atoms with van der Waals surface area (Å²) in [6.45, 7) is 5.70. The van der Waals surface area contributed by atoms with Crippen molar-refractivity contribution in [1.29, 1.82) is 0 Å². The summed E-state index contributed by atoms with van der Waals surface area (Å²) >= 11 is 0. The van der Waals surface area contributed by atoms with Gasteiger partial charge in [-0.1, -0.05) is 19.9 Å². The van der Waals surface area contributed by atoms with E-state index in [2.05, 4.69) is 24.1 Å². The molecule has 1 aliphatic rings. The zero-order valence-electron chi connectivity index (χ0n) is 13.3. The molecule has 0 bridgehead atoms. The number of aromatic nitrogens is 1. The first kappa shape index (κ1) is 16.3. The van der Waals surface area contributed by atoms with Crippen LogP contribution in [0, 0.1) is 11.8 Å². The van der Waals surface area contributed by atoms with Crippen LogP contribution in [0.1, 0.15) is 25.8 Å². The molecule has 0 aliphatic carbocycles. The minimum absolute atomic E-state index is 0.0628. The summed E-state index contributed by atoms with van der Waals surface area (Å²) in [7, 11) is 1.55. The van der Waals surface area contributed by atoms with Crippen LogP contribution in [0.3, 0.4) is 0 Å². The first-order valence-corrected chi connectivity index (χ1v) is 7.54. The number of methoxy groups -OCH3 is 1. The highest BCUT2D eigenvalue weighted by Crippen LogP contribution is 2.20. The average Bonchev–Trinajstić information content (AvgIpc) is 2.85. The van der Waals surface area contributed by atoms with Crippen LogP contribution in [0.5, 0.6) is 5.88 Å². The number of carbonyl (C=O) groups is 2. The van der Waals surface area contributed by atoms with Gasteiger partial charge in [0.05, 0.1) is 13.0 Å². The van der Waals surface area contributed by atoms with Crippen molar-refractivity contribution in [3.63, 3.8) is 0 Å². The highest BCUT2D eigenvalue weighted by molar-refractivity contribution is 5.89. The van der Waals surface area contributed by atoms with Gasteiger partial charge in [-0.15, -0.1) is 0 Å². The van der Waals surface area contributed by atoms with Gasteiger partial charge < -0.3 is 15.0 Å². The van der Waals surface area contributed by atoms with E-state index in [4.69, 9.17) is 4.74 Å². The fraction of sp³-hybridized carbons (Fsp3) is 0.562. The zero-order chi connectivity index (χ0) is 16.1. The lowest BCUT2D eigenvalue weighted by atomic mass is 10.1. The number of carbonyl (C=O) groups excluding carboxylic acids is 2. The van der Waals surface area contributed by atoms with E-state index in [0.717, 1.165) is 5.56 Å². The number of rotatable bonds is 6. The van der Waals surface area contributed by atoms with Crippen LogP contribution >= 0.6 is 0 Å². The number of hydrogen-bond donors (Lipinski definition) is 1. The second-order valence-corrected chi connectivity index (χ2v) is 5.98. The number of nitrogens with zero attached hydrogens (tertiary/aromatic N) is 2. The van der Waals surface area contributed by atoms with Gasteiger partial charge in [-0.05, 0) is 12.0 Å². The van der Waals surface area contributed by atoms with Gasteiger partial charge in [-0.3, -0.25) is 9.59 Å². The molecule has 6 heteroatoms. The van der Waals surface area contributed by atoms with E-state index in [1.54, 1.807) is 24.3 Å². The van der Waals surface area contributed by atoms with Crippen LogP contribution in [0.4, 0.5) is 0 Å². The second kappa shape index (κ2) is 7.24. The van der Waals surface area contributed by atoms with E-state index in [1.165, 1.54) is 0 Å². The molecule has 1 fully saturated rings. The Kier molecular flexibility index (Phi) is 5.35. The Morgan fingerprint density at radius 1 is 1.55 bits per heavy atom. The molecular weight excluding hydrogens is 282 g/mol. The van der Waals surface area contributed by atoms with Gasteiger partial charge in [-0.25, -0.2) is 4.98 Å². The molecule has 2 amide bonds. The molecule has 1 atom stereocenters. The van der Waals surface area contributed by atoms with Crippen molar-refractivity contribution < 1.29 is 14.3 Å². The van der Waals surface area contributed by atoms with Gasteiger partial charge in [0.25, 0.3) is 0 Å². The monoisotopic (exact) mass is 305 g/mol. The van der Waals surface area contributed by atoms with Crippen molar-refractivity contribution in [3.05, 3.63) is 23.9 Å². The predicted octanol–water partition coefficient (Wildman–Crippen LogP) is 1.21. The van der Waals surface area contributed by atoms with Gasteiger partial charge in [0.15, 0.2) is 0 Å². The van der Waals surface area contributed by atoms with E-state index < -0.39 is 0 Å². The number of ether oxygens (including phenoxy) is 1. The van der Waals surface area contributed by atoms with Crippen LogP contribution in [-0.2, 0) is 16.1 Å². The standard InChI is InChI=1S/C16H23N3O3/c1-11(2)9-19-10-13(7-14(19)20)15(21)18-8-12-5-4-6-17-16(12)22-3/h4-6,11,13H,7-10H2,1-3H3,(H,18,21)/t13-/m1/s1. The van der Waals surface area contributed by atoms with E-state index in [-0.39, 0.29) is 17.7 Å². The van der Waals surface area contributed by atoms with Crippen molar-refractivity contribution in [1.82, 2.24) is 15.2 Å². The molecule has 0 aromatic carbocycles. The number of hydrogen-bond acceptors (Lipinski definition) is 4. The molecule has 2 rings (SSSR count). The summed E-state index contributed by atoms with van der Waals surface area (Å²) in [5.41, 5.74) is 0.821. The normalized spacial score (nSPS) is 17.9. The third kappa shape index (κ3) is 3.96. The Hall–Kier alpha value is -2.11. The fourth-order valence-corrected chi connectivity index (χ4v) is 2.63. The van der Waals surface area contributed by atoms with E-state index in [0.29, 0.717) is 37.9 Å². The van der Waals surface area contributed by atoms with Crippen molar-refractivity contribution in [2.75, 3.05) is 20.2 Å². The Labute approximate surface area is 130 Å². The Morgan fingerprint density at radius 2 is 2.32 bits per heavy atom. The molecule has 120 valence electrons. The van der Waals surface area contributed by atoms with Crippen LogP contribution < -0.4 is 10.1 Å². The van der Waals surface area contributed by atoms with Gasteiger partial charge in [0, 0.05) is 37.8 Å². The molecular formula is C16H23N3O3. The smallest absolute Gasteiger partial charge is 0.225 e. The molecule has 0 unspecified atom stereocenters. The van der Waals surface area contributed by atoms with Crippen molar-refractivity contribution in [3.8, 4) is 5.88 Å². The Balaban J connectivity index is 1.89. The highest BCUT2D eigenvalue weighted by atomic mass is 16.5. The Bertz CT molecular complexity index is 545. The summed E-state index contributed by atoms with van der Waals surface area (Å²) in [6.07, 6.45) is 1.94. The molecule has 6 nitrogen and oxygen atoms in total. The average molecular weight is 305 g/mol. The van der Waals surface area contributed by atoms with E-state index in [1.807, 2.05) is 6.07 Å². The van der Waals surface area contributed by atoms with Gasteiger partial charge in [0.1, 0.15) is 0 Å². The lowest BCUT2D eigenvalue weighted by molar-refractivity contribution is -0.129. The summed E-state index contributed by atoms with van der Waals surface area (Å²) < 4.78 is 5.16. The van der Waals surface area contributed by atoms with Crippen LogP contribution in [0.2, 0.25) is 0 Å². The minimum Gasteiger partial charge on any atom is -0.481 e. The first-order chi connectivity index (χ1) is 10.5. The quantitative estimate of drug-likeness (QED) is 0.857. The molecule has 1 saturated heterocycles. The third-order valence-corrected chi connectivity index (χ3v) is 3.67. The SMILES string of the molecule is COc1ncccc1CNC(=O)[C@@H]1CC(=O)N(CC(C)C)C1. The minimum atomic E-state index is -0.270. The topological polar surface area (TPSA) is 71.5 Å². The molecule has 22 heavy (non-hydrogen) atoms. The maximum Gasteiger partial charge on any atom is 0.225 e. The van der Waals surface area contributed by atoms with Gasteiger partial charge >= 0.3 is 0 Å². The maximum absolute atomic E-state index is 12.2. The molecule has 2 heterocycles. The highest BCUT2D eigenvalue weighted by Gasteiger charge is 2.34. The fourth-order valence-electron chi connectivity index (χ4n) is 2.63. The van der Waals surface area contributed by atoms with Crippen LogP contribution in [0.15, 0.2) is 18.3 Å². The third-order valence-electron chi connectivity index (χ3n) is 3.67. The number of likely N-dealkylation sites (tertiary alicyclic amines) is 1. The lowest BCUT2D eigenvalue weighted by Crippen LogP contribution is -2.33. The molecule has 1 aliphatic heterocycles. The summed E-state index contributed by atoms with van der Waals surface area (Å²) in [5.74, 6) is 0.615.